The number of carbonyl (C=O) groups is 2. The maximum Gasteiger partial charge on any atom is 0.294 e. The van der Waals surface area contributed by atoms with E-state index >= 15 is 0 Å². The highest BCUT2D eigenvalue weighted by Crippen LogP contribution is 2.15. The Morgan fingerprint density at radius 1 is 1.26 bits per heavy atom. The fourth-order valence-electron chi connectivity index (χ4n) is 3.46. The van der Waals surface area contributed by atoms with Gasteiger partial charge in [-0.3, -0.25) is 9.59 Å². The van der Waals surface area contributed by atoms with Gasteiger partial charge in [0.2, 0.25) is 11.7 Å². The molecule has 0 aliphatic carbocycles. The lowest BCUT2D eigenvalue weighted by Gasteiger charge is -2.27. The molecule has 1 saturated heterocycles. The topological polar surface area (TPSA) is 92.9 Å². The zero-order valence-corrected chi connectivity index (χ0v) is 17.3. The Hall–Kier alpha value is -3.40. The predicted molar refractivity (Wildman–Crippen MR) is 109 cm³/mol. The van der Waals surface area contributed by atoms with Crippen LogP contribution in [0, 0.1) is 5.82 Å². The molecule has 3 aromatic rings. The van der Waals surface area contributed by atoms with Gasteiger partial charge in [0.25, 0.3) is 11.7 Å². The van der Waals surface area contributed by atoms with Gasteiger partial charge in [-0.2, -0.15) is 4.98 Å². The van der Waals surface area contributed by atoms with Gasteiger partial charge in [0.15, 0.2) is 0 Å². The summed E-state index contributed by atoms with van der Waals surface area (Å²) in [5.41, 5.74) is 0.805. The van der Waals surface area contributed by atoms with Crippen LogP contribution in [-0.2, 0) is 16.1 Å². The molecule has 1 aliphatic heterocycles. The number of hydrogen-bond acceptors (Lipinski definition) is 6. The molecule has 1 atom stereocenters. The molecule has 2 aromatic heterocycles. The summed E-state index contributed by atoms with van der Waals surface area (Å²) in [4.78, 5) is 37.3. The van der Waals surface area contributed by atoms with E-state index in [2.05, 4.69) is 15.1 Å². The monoisotopic (exact) mass is 426 g/mol. The highest BCUT2D eigenvalue weighted by atomic mass is 19.1. The fraction of sp³-hybridized carbons (Fsp3) is 0.381. The molecule has 1 fully saturated rings. The molecule has 9 nitrogen and oxygen atoms in total. The summed E-state index contributed by atoms with van der Waals surface area (Å²) in [5, 5.41) is 4.18. The number of amides is 2. The number of aromatic nitrogens is 4. The van der Waals surface area contributed by atoms with Crippen molar-refractivity contribution in [3.8, 4) is 0 Å². The minimum atomic E-state index is -0.458. The Morgan fingerprint density at radius 2 is 2.03 bits per heavy atom. The predicted octanol–water partition coefficient (Wildman–Crippen LogP) is 1.54. The van der Waals surface area contributed by atoms with Crippen LogP contribution >= 0.6 is 0 Å². The van der Waals surface area contributed by atoms with Gasteiger partial charge in [0.05, 0.1) is 12.7 Å². The minimum Gasteiger partial charge on any atom is -0.370 e. The number of hydrogen-bond donors (Lipinski definition) is 0. The molecule has 1 aromatic carbocycles. The maximum absolute atomic E-state index is 13.1. The van der Waals surface area contributed by atoms with Crippen LogP contribution in [0.5, 0.6) is 0 Å². The molecule has 4 rings (SSSR count). The van der Waals surface area contributed by atoms with E-state index < -0.39 is 12.0 Å². The van der Waals surface area contributed by atoms with Crippen LogP contribution in [0.2, 0.25) is 0 Å². The fourth-order valence-corrected chi connectivity index (χ4v) is 3.46. The van der Waals surface area contributed by atoms with Gasteiger partial charge in [-0.1, -0.05) is 12.1 Å². The first-order valence-corrected chi connectivity index (χ1v) is 10.0. The maximum atomic E-state index is 13.1. The summed E-state index contributed by atoms with van der Waals surface area (Å²) < 4.78 is 20.6. The third-order valence-corrected chi connectivity index (χ3v) is 5.09. The van der Waals surface area contributed by atoms with Crippen molar-refractivity contribution in [3.05, 3.63) is 59.9 Å². The summed E-state index contributed by atoms with van der Waals surface area (Å²) in [6, 6.07) is 7.67. The molecule has 0 bridgehead atoms. The summed E-state index contributed by atoms with van der Waals surface area (Å²) in [7, 11) is 0. The van der Waals surface area contributed by atoms with Gasteiger partial charge in [-0.25, -0.2) is 13.9 Å². The summed E-state index contributed by atoms with van der Waals surface area (Å²) >= 11 is 0. The molecule has 162 valence electrons. The van der Waals surface area contributed by atoms with Crippen LogP contribution < -0.4 is 0 Å². The van der Waals surface area contributed by atoms with Gasteiger partial charge < -0.3 is 14.5 Å². The van der Waals surface area contributed by atoms with Crippen LogP contribution in [-0.4, -0.2) is 73.0 Å². The van der Waals surface area contributed by atoms with Gasteiger partial charge in [0, 0.05) is 31.5 Å². The lowest BCUT2D eigenvalue weighted by molar-refractivity contribution is -0.133. The number of fused-ring (bicyclic) bond motifs is 1. The van der Waals surface area contributed by atoms with Gasteiger partial charge >= 0.3 is 0 Å². The van der Waals surface area contributed by atoms with E-state index in [1.807, 2.05) is 13.8 Å². The summed E-state index contributed by atoms with van der Waals surface area (Å²) in [6.45, 7) is 4.54. The van der Waals surface area contributed by atoms with Crippen molar-refractivity contribution >= 4 is 17.6 Å². The zero-order chi connectivity index (χ0) is 22.0. The van der Waals surface area contributed by atoms with Crippen molar-refractivity contribution < 1.29 is 18.7 Å². The average molecular weight is 426 g/mol. The van der Waals surface area contributed by atoms with Crippen molar-refractivity contribution in [2.24, 2.45) is 0 Å². The van der Waals surface area contributed by atoms with E-state index in [4.69, 9.17) is 4.74 Å². The Labute approximate surface area is 178 Å². The number of ether oxygens (including phenoxy) is 1. The zero-order valence-electron chi connectivity index (χ0n) is 17.3. The lowest BCUT2D eigenvalue weighted by atomic mass is 10.2. The van der Waals surface area contributed by atoms with Crippen LogP contribution in [0.1, 0.15) is 30.0 Å². The second-order valence-corrected chi connectivity index (χ2v) is 7.68. The number of carbonyl (C=O) groups excluding carboxylic acids is 2. The highest BCUT2D eigenvalue weighted by molar-refractivity contribution is 5.94. The van der Waals surface area contributed by atoms with E-state index in [0.717, 1.165) is 5.56 Å². The number of halogens is 1. The van der Waals surface area contributed by atoms with Crippen molar-refractivity contribution in [1.29, 1.82) is 0 Å². The first kappa shape index (κ1) is 20.9. The van der Waals surface area contributed by atoms with Crippen LogP contribution in [0.15, 0.2) is 42.7 Å². The Balaban J connectivity index is 1.54. The molecule has 0 saturated carbocycles. The van der Waals surface area contributed by atoms with E-state index in [1.54, 1.807) is 35.5 Å². The molecule has 0 radical (unpaired) electrons. The van der Waals surface area contributed by atoms with Crippen LogP contribution in [0.3, 0.4) is 0 Å². The molecule has 2 amide bonds. The number of nitrogens with zero attached hydrogens (tertiary/aromatic N) is 6. The number of benzene rings is 1. The normalized spacial score (nSPS) is 17.4. The van der Waals surface area contributed by atoms with Gasteiger partial charge in [-0.05, 0) is 37.6 Å². The lowest BCUT2D eigenvalue weighted by Crippen LogP contribution is -2.42. The largest absolute Gasteiger partial charge is 0.370 e. The smallest absolute Gasteiger partial charge is 0.294 e. The third kappa shape index (κ3) is 4.69. The molecular weight excluding hydrogens is 403 g/mol. The molecule has 3 heterocycles. The Morgan fingerprint density at radius 3 is 2.74 bits per heavy atom. The van der Waals surface area contributed by atoms with Crippen molar-refractivity contribution in [2.45, 2.75) is 32.6 Å². The van der Waals surface area contributed by atoms with Crippen molar-refractivity contribution in [2.75, 3.05) is 19.6 Å². The van der Waals surface area contributed by atoms with Gasteiger partial charge in [0.1, 0.15) is 12.4 Å². The van der Waals surface area contributed by atoms with Crippen molar-refractivity contribution in [1.82, 2.24) is 29.4 Å². The first-order chi connectivity index (χ1) is 14.9. The number of rotatable bonds is 5. The Kier molecular flexibility index (Phi) is 5.90. The van der Waals surface area contributed by atoms with E-state index in [0.29, 0.717) is 12.3 Å². The van der Waals surface area contributed by atoms with Crippen LogP contribution in [0.25, 0.3) is 5.78 Å². The average Bonchev–Trinajstić information content (AvgIpc) is 3.11. The quantitative estimate of drug-likeness (QED) is 0.615. The molecule has 10 heteroatoms. The highest BCUT2D eigenvalue weighted by Gasteiger charge is 2.33. The van der Waals surface area contributed by atoms with Crippen LogP contribution in [0.4, 0.5) is 4.39 Å². The first-order valence-electron chi connectivity index (χ1n) is 10.0. The molecule has 31 heavy (non-hydrogen) atoms. The minimum absolute atomic E-state index is 0.0261. The molecule has 0 spiro atoms. The summed E-state index contributed by atoms with van der Waals surface area (Å²) in [5.74, 6) is -0.666. The van der Waals surface area contributed by atoms with E-state index in [1.165, 1.54) is 21.5 Å². The van der Waals surface area contributed by atoms with E-state index in [-0.39, 0.29) is 43.3 Å². The summed E-state index contributed by atoms with van der Waals surface area (Å²) in [6.07, 6.45) is 2.79. The Bertz CT molecular complexity index is 1050. The van der Waals surface area contributed by atoms with E-state index in [9.17, 15) is 14.0 Å². The second-order valence-electron chi connectivity index (χ2n) is 7.68. The van der Waals surface area contributed by atoms with Crippen molar-refractivity contribution in [3.63, 3.8) is 0 Å². The molecular formula is C21H23FN6O3. The standard InChI is InChI=1S/C21H23FN6O3/c1-14(2)27-11-17(31-13-15-4-6-16(22)7-5-15)10-26(12-18(27)29)20(30)19-24-21-23-8-3-9-28(21)25-19/h3-9,14,17H,10-13H2,1-2H3/t17-/m1/s1. The van der Waals surface area contributed by atoms with Gasteiger partial charge in [-0.15, -0.1) is 5.10 Å². The molecule has 0 N–H and O–H groups in total. The SMILES string of the molecule is CC(C)N1C[C@H](OCc2ccc(F)cc2)CN(C(=O)c2nc3ncccn3n2)CC1=O. The second kappa shape index (κ2) is 8.76. The third-order valence-electron chi connectivity index (χ3n) is 5.09. The molecule has 1 aliphatic rings. The molecule has 0 unspecified atom stereocenters.